The summed E-state index contributed by atoms with van der Waals surface area (Å²) in [6, 6.07) is -3.82. The smallest absolute Gasteiger partial charge is 0.481 e. The fourth-order valence-electron chi connectivity index (χ4n) is 6.56. The molecule has 34 heteroatoms. The lowest BCUT2D eigenvalue weighted by Gasteiger charge is -2.26. The van der Waals surface area contributed by atoms with Crippen molar-refractivity contribution in [2.24, 2.45) is 5.73 Å². The Balaban J connectivity index is 1.65. The molecule has 6 amide bonds. The zero-order valence-corrected chi connectivity index (χ0v) is 43.4. The van der Waals surface area contributed by atoms with Crippen LogP contribution in [-0.4, -0.2) is 175 Å². The molecule has 0 radical (unpaired) electrons. The van der Waals surface area contributed by atoms with Gasteiger partial charge in [0.15, 0.2) is 17.1 Å². The van der Waals surface area contributed by atoms with E-state index in [0.29, 0.717) is 23.4 Å². The first kappa shape index (κ1) is 63.5. The predicted octanol–water partition coefficient (Wildman–Crippen LogP) is -2.72. The van der Waals surface area contributed by atoms with E-state index < -0.39 is 133 Å². The van der Waals surface area contributed by atoms with Crippen LogP contribution in [0.1, 0.15) is 67.9 Å². The second-order valence-corrected chi connectivity index (χ2v) is 19.0. The number of carboxylic acid groups (broad SMARTS) is 3. The van der Waals surface area contributed by atoms with E-state index in [1.54, 1.807) is 0 Å². The van der Waals surface area contributed by atoms with Crippen LogP contribution >= 0.6 is 21.6 Å². The van der Waals surface area contributed by atoms with Crippen LogP contribution in [-0.2, 0) is 59.2 Å². The Morgan fingerprint density at radius 3 is 2.03 bits per heavy atom. The Hall–Kier alpha value is -8.82. The highest BCUT2D eigenvalue weighted by Gasteiger charge is 2.33. The molecule has 0 saturated heterocycles. The molecule has 424 valence electrons. The van der Waals surface area contributed by atoms with Gasteiger partial charge in [-0.25, -0.2) is 19.6 Å². The summed E-state index contributed by atoms with van der Waals surface area (Å²) in [5, 5.41) is 55.8. The number of nitrogens with zero attached hydrogens (tertiary/aromatic N) is 3. The van der Waals surface area contributed by atoms with E-state index >= 15 is 0 Å². The molecule has 0 unspecified atom stereocenters. The largest absolute Gasteiger partial charge is 0.508 e. The van der Waals surface area contributed by atoms with E-state index in [2.05, 4.69) is 67.2 Å². The molecule has 17 N–H and O–H groups in total. The van der Waals surface area contributed by atoms with E-state index in [-0.39, 0.29) is 67.4 Å². The molecular formula is C44H59N15O17S2. The number of rotatable bonds is 34. The monoisotopic (exact) mass is 1130 g/mol. The van der Waals surface area contributed by atoms with Crippen molar-refractivity contribution in [2.45, 2.75) is 94.7 Å². The molecule has 0 fully saturated rings. The number of nitrogens with one attached hydrogen (secondary N) is 10. The van der Waals surface area contributed by atoms with Crippen molar-refractivity contribution in [1.29, 1.82) is 5.41 Å². The average Bonchev–Trinajstić information content (AvgIpc) is 3.40. The van der Waals surface area contributed by atoms with Crippen molar-refractivity contribution in [2.75, 3.05) is 42.8 Å². The van der Waals surface area contributed by atoms with Gasteiger partial charge < -0.3 is 83.6 Å². The van der Waals surface area contributed by atoms with E-state index in [0.717, 1.165) is 17.9 Å². The third-order valence-electron chi connectivity index (χ3n) is 10.4. The SMILES string of the molecule is CC[C@H](NC(=O)[C@H](CC(=O)O)NC(=O)[C@H](CCCNC(=N)N)NC(=O)[C@H](CC(=O)O)NC(=O)CC[C@H](NC(=O)c1ccc(NCc2cnc3nc(N)[nH]c(=O)c3n2)cc1)C(=O)O)C(=O)N[C@H](C=O)CSSCCOC(=O)OC. The number of ether oxygens (including phenoxy) is 2. The molecule has 2 aromatic heterocycles. The minimum Gasteiger partial charge on any atom is -0.481 e. The molecule has 78 heavy (non-hydrogen) atoms. The second-order valence-electron chi connectivity index (χ2n) is 16.4. The number of aliphatic carboxylic acids is 3. The van der Waals surface area contributed by atoms with E-state index in [4.69, 9.17) is 21.6 Å². The molecule has 0 spiro atoms. The molecule has 2 heterocycles. The summed E-state index contributed by atoms with van der Waals surface area (Å²) >= 11 is 0. The molecular weight excluding hydrogens is 1070 g/mol. The number of benzene rings is 1. The summed E-state index contributed by atoms with van der Waals surface area (Å²) in [5.74, 6) is -11.3. The number of aromatic nitrogens is 4. The molecule has 0 aliphatic rings. The minimum atomic E-state index is -1.91. The number of guanidine groups is 1. The first-order chi connectivity index (χ1) is 37.0. The molecule has 3 rings (SSSR count). The second kappa shape index (κ2) is 32.6. The highest BCUT2D eigenvalue weighted by Crippen LogP contribution is 2.21. The lowest BCUT2D eigenvalue weighted by atomic mass is 10.1. The number of amides is 6. The van der Waals surface area contributed by atoms with E-state index in [1.807, 2.05) is 0 Å². The summed E-state index contributed by atoms with van der Waals surface area (Å²) < 4.78 is 9.12. The third kappa shape index (κ3) is 22.6. The van der Waals surface area contributed by atoms with Crippen LogP contribution in [0.4, 0.5) is 16.4 Å². The molecule has 3 aromatic rings. The van der Waals surface area contributed by atoms with Gasteiger partial charge in [0.1, 0.15) is 43.1 Å². The van der Waals surface area contributed by atoms with Crippen LogP contribution in [0.3, 0.4) is 0 Å². The maximum atomic E-state index is 13.8. The standard InChI is InChI=1S/C44H59N15O17S2/c1-3-25(36(67)52-24(19-60)20-78-77-14-13-76-44(74)75-2)54-39(70)29(16-32(64)65)57-37(68)26(5-4-12-48-42(45)46)55-38(69)28(15-31(62)63)53-30(61)11-10-27(41(72)73)56-35(66)21-6-8-22(9-7-21)49-17-23-18-50-34-33(51-23)40(71)59-43(47)58-34/h6-9,18-19,24-29,49H,3-5,10-17,20H2,1-2H3,(H,52,67)(H,53,61)(H,54,70)(H,55,69)(H,56,66)(H,57,68)(H,62,63)(H,64,65)(H,72,73)(H4,45,46,48)(H3,47,50,58,59,71)/t24-,25+,26+,27+,28+,29+/m1/s1. The fraction of sp³-hybridized carbons (Fsp3) is 0.455. The van der Waals surface area contributed by atoms with Gasteiger partial charge >= 0.3 is 24.1 Å². The molecule has 0 bridgehead atoms. The molecule has 0 aliphatic heterocycles. The zero-order chi connectivity index (χ0) is 57.9. The number of H-pyrrole nitrogens is 1. The van der Waals surface area contributed by atoms with Crippen LogP contribution in [0.5, 0.6) is 0 Å². The van der Waals surface area contributed by atoms with Crippen LogP contribution in [0, 0.1) is 5.41 Å². The topological polar surface area (TPSA) is 511 Å². The number of fused-ring (bicyclic) bond motifs is 1. The van der Waals surface area contributed by atoms with Gasteiger partial charge in [0, 0.05) is 35.7 Å². The fourth-order valence-corrected chi connectivity index (χ4v) is 8.52. The molecule has 1 aromatic carbocycles. The van der Waals surface area contributed by atoms with Gasteiger partial charge in [-0.2, -0.15) is 4.98 Å². The lowest BCUT2D eigenvalue weighted by molar-refractivity contribution is -0.141. The number of anilines is 2. The number of nitrogens with two attached hydrogens (primary N) is 2. The predicted molar refractivity (Wildman–Crippen MR) is 277 cm³/mol. The van der Waals surface area contributed by atoms with Gasteiger partial charge in [0.2, 0.25) is 35.5 Å². The number of hydrogen-bond donors (Lipinski definition) is 15. The summed E-state index contributed by atoms with van der Waals surface area (Å²) in [4.78, 5) is 166. The minimum absolute atomic E-state index is 0.00764. The first-order valence-electron chi connectivity index (χ1n) is 23.4. The van der Waals surface area contributed by atoms with Gasteiger partial charge in [-0.3, -0.25) is 53.5 Å². The Morgan fingerprint density at radius 2 is 1.42 bits per heavy atom. The number of carboxylic acids is 3. The highest BCUT2D eigenvalue weighted by atomic mass is 33.1. The summed E-state index contributed by atoms with van der Waals surface area (Å²) in [7, 11) is 3.52. The number of aldehydes is 1. The van der Waals surface area contributed by atoms with Crippen LogP contribution in [0.2, 0.25) is 0 Å². The number of nitrogen functional groups attached to an aromatic ring is 1. The quantitative estimate of drug-likeness (QED) is 0.00721. The molecule has 6 atom stereocenters. The normalized spacial score (nSPS) is 13.1. The maximum absolute atomic E-state index is 13.8. The van der Waals surface area contributed by atoms with Crippen LogP contribution in [0.15, 0.2) is 35.3 Å². The first-order valence-corrected chi connectivity index (χ1v) is 25.8. The van der Waals surface area contributed by atoms with Crippen molar-refractivity contribution in [3.05, 3.63) is 52.1 Å². The van der Waals surface area contributed by atoms with Gasteiger partial charge in [-0.15, -0.1) is 0 Å². The average molecular weight is 1130 g/mol. The van der Waals surface area contributed by atoms with Crippen molar-refractivity contribution >= 4 is 116 Å². The summed E-state index contributed by atoms with van der Waals surface area (Å²) in [5.41, 5.74) is 11.2. The van der Waals surface area contributed by atoms with Crippen molar-refractivity contribution in [1.82, 2.24) is 57.2 Å². The van der Waals surface area contributed by atoms with Crippen LogP contribution in [0.25, 0.3) is 11.2 Å². The summed E-state index contributed by atoms with van der Waals surface area (Å²) in [6.07, 6.45) is -2.81. The Morgan fingerprint density at radius 1 is 0.808 bits per heavy atom. The Bertz CT molecular complexity index is 2720. The molecule has 0 saturated carbocycles. The zero-order valence-electron chi connectivity index (χ0n) is 41.8. The van der Waals surface area contributed by atoms with Gasteiger partial charge in [0.05, 0.1) is 44.4 Å². The molecule has 0 aliphatic carbocycles. The van der Waals surface area contributed by atoms with Crippen molar-refractivity contribution < 1.29 is 77.5 Å². The van der Waals surface area contributed by atoms with Gasteiger partial charge in [-0.1, -0.05) is 28.5 Å². The van der Waals surface area contributed by atoms with E-state index in [9.17, 15) is 72.9 Å². The summed E-state index contributed by atoms with van der Waals surface area (Å²) in [6.45, 7) is 1.55. The number of hydrogen-bond acceptors (Lipinski definition) is 22. The number of methoxy groups -OCH3 is 1. The van der Waals surface area contributed by atoms with Gasteiger partial charge in [0.25, 0.3) is 11.5 Å². The Kier molecular flexibility index (Phi) is 26.5. The molecule has 32 nitrogen and oxygen atoms in total. The highest BCUT2D eigenvalue weighted by molar-refractivity contribution is 8.76. The lowest BCUT2D eigenvalue weighted by Crippen LogP contribution is -2.59. The van der Waals surface area contributed by atoms with Gasteiger partial charge in [-0.05, 0) is 49.9 Å². The number of carbonyl (C=O) groups is 11. The van der Waals surface area contributed by atoms with Crippen LogP contribution < -0.4 is 59.6 Å². The number of carbonyl (C=O) groups excluding carboxylic acids is 8. The Labute approximate surface area is 450 Å². The van der Waals surface area contributed by atoms with Crippen molar-refractivity contribution in [3.8, 4) is 0 Å². The van der Waals surface area contributed by atoms with Crippen molar-refractivity contribution in [3.63, 3.8) is 0 Å². The van der Waals surface area contributed by atoms with E-state index in [1.165, 1.54) is 48.2 Å². The third-order valence-corrected chi connectivity index (χ3v) is 12.9. The number of aromatic amines is 1. The maximum Gasteiger partial charge on any atom is 0.508 e.